The quantitative estimate of drug-likeness (QED) is 0.669. The van der Waals surface area contributed by atoms with E-state index in [2.05, 4.69) is 41.0 Å². The van der Waals surface area contributed by atoms with Crippen molar-refractivity contribution >= 4 is 17.7 Å². The van der Waals surface area contributed by atoms with Crippen molar-refractivity contribution in [3.05, 3.63) is 23.8 Å². The fourth-order valence-corrected chi connectivity index (χ4v) is 6.66. The highest BCUT2D eigenvalue weighted by molar-refractivity contribution is 5.93. The Kier molecular flexibility index (Phi) is 7.82. The number of rotatable bonds is 3. The third-order valence-electron chi connectivity index (χ3n) is 8.99. The van der Waals surface area contributed by atoms with Gasteiger partial charge in [-0.25, -0.2) is 9.97 Å². The normalized spacial score (nSPS) is 31.6. The second-order valence-corrected chi connectivity index (χ2v) is 12.5. The lowest BCUT2D eigenvalue weighted by Crippen LogP contribution is -2.60. The smallest absolute Gasteiger partial charge is 0.257 e. The first-order valence-electron chi connectivity index (χ1n) is 14.5. The summed E-state index contributed by atoms with van der Waals surface area (Å²) >= 11 is 0. The molecule has 3 aliphatic heterocycles. The summed E-state index contributed by atoms with van der Waals surface area (Å²) in [5.41, 5.74) is 0.553. The summed E-state index contributed by atoms with van der Waals surface area (Å²) in [4.78, 5) is 52.6. The number of carbonyl (C=O) groups is 3. The van der Waals surface area contributed by atoms with E-state index in [0.717, 1.165) is 50.8 Å². The Balaban J connectivity index is 1.29. The van der Waals surface area contributed by atoms with Crippen LogP contribution in [0.25, 0.3) is 0 Å². The van der Waals surface area contributed by atoms with Gasteiger partial charge >= 0.3 is 0 Å². The maximum Gasteiger partial charge on any atom is 0.257 e. The molecule has 1 aromatic rings. The Labute approximate surface area is 221 Å². The molecule has 4 aliphatic rings. The van der Waals surface area contributed by atoms with Crippen molar-refractivity contribution in [1.29, 1.82) is 0 Å². The molecule has 8 nitrogen and oxygen atoms in total. The van der Waals surface area contributed by atoms with Gasteiger partial charge in [-0.3, -0.25) is 14.4 Å². The van der Waals surface area contributed by atoms with Gasteiger partial charge < -0.3 is 15.1 Å². The van der Waals surface area contributed by atoms with Crippen molar-refractivity contribution in [1.82, 2.24) is 25.1 Å². The zero-order valence-corrected chi connectivity index (χ0v) is 22.7. The molecule has 1 aromatic heterocycles. The first-order valence-corrected chi connectivity index (χ1v) is 14.5. The molecule has 0 radical (unpaired) electrons. The number of carbonyl (C=O) groups excluding carboxylic acids is 3. The number of nitrogens with zero attached hydrogens (tertiary/aromatic N) is 4. The van der Waals surface area contributed by atoms with E-state index in [4.69, 9.17) is 0 Å². The van der Waals surface area contributed by atoms with Gasteiger partial charge in [-0.05, 0) is 68.6 Å². The Morgan fingerprint density at radius 3 is 2.49 bits per heavy atom. The zero-order chi connectivity index (χ0) is 26.1. The van der Waals surface area contributed by atoms with Crippen LogP contribution in [-0.2, 0) is 9.59 Å². The third-order valence-corrected chi connectivity index (χ3v) is 8.99. The molecule has 0 spiro atoms. The number of nitrogens with one attached hydrogen (secondary N) is 1. The predicted molar refractivity (Wildman–Crippen MR) is 141 cm³/mol. The Hall–Kier alpha value is -2.51. The van der Waals surface area contributed by atoms with E-state index < -0.39 is 0 Å². The summed E-state index contributed by atoms with van der Waals surface area (Å²) in [6, 6.07) is 0.240. The molecule has 202 valence electrons. The summed E-state index contributed by atoms with van der Waals surface area (Å²) in [6.45, 7) is 8.48. The van der Waals surface area contributed by atoms with Crippen molar-refractivity contribution in [2.45, 2.75) is 96.6 Å². The van der Waals surface area contributed by atoms with Crippen LogP contribution in [-0.4, -0.2) is 69.2 Å². The Morgan fingerprint density at radius 1 is 1.03 bits per heavy atom. The molecule has 1 saturated carbocycles. The highest BCUT2D eigenvalue weighted by Gasteiger charge is 2.44. The lowest BCUT2D eigenvalue weighted by atomic mass is 9.77. The van der Waals surface area contributed by atoms with Crippen molar-refractivity contribution in [2.24, 2.45) is 23.7 Å². The molecule has 2 bridgehead atoms. The second-order valence-electron chi connectivity index (χ2n) is 12.5. The van der Waals surface area contributed by atoms with E-state index in [9.17, 15) is 14.4 Å². The topological polar surface area (TPSA) is 95.5 Å². The van der Waals surface area contributed by atoms with Gasteiger partial charge in [-0.2, -0.15) is 0 Å². The fourth-order valence-electron chi connectivity index (χ4n) is 6.66. The zero-order valence-electron chi connectivity index (χ0n) is 22.7. The number of hydrogen-bond donors (Lipinski definition) is 1. The van der Waals surface area contributed by atoms with Crippen LogP contribution < -0.4 is 5.32 Å². The number of fused-ring (bicyclic) bond motifs is 4. The van der Waals surface area contributed by atoms with E-state index in [0.29, 0.717) is 49.9 Å². The molecular formula is C29H43N5O3. The lowest BCUT2D eigenvalue weighted by Gasteiger charge is -2.51. The van der Waals surface area contributed by atoms with Crippen LogP contribution in [0.15, 0.2) is 12.4 Å². The Bertz CT molecular complexity index is 992. The monoisotopic (exact) mass is 509 g/mol. The first kappa shape index (κ1) is 26.1. The molecule has 1 N–H and O–H groups in total. The molecule has 5 rings (SSSR count). The van der Waals surface area contributed by atoms with Gasteiger partial charge in [-0.15, -0.1) is 0 Å². The van der Waals surface area contributed by atoms with Gasteiger partial charge in [0, 0.05) is 62.9 Å². The largest absolute Gasteiger partial charge is 0.353 e. The fraction of sp³-hybridized carbons (Fsp3) is 0.759. The van der Waals surface area contributed by atoms with Gasteiger partial charge in [0.2, 0.25) is 11.8 Å². The van der Waals surface area contributed by atoms with Gasteiger partial charge in [0.05, 0.1) is 5.56 Å². The summed E-state index contributed by atoms with van der Waals surface area (Å²) in [5.74, 6) is 2.86. The lowest BCUT2D eigenvalue weighted by molar-refractivity contribution is -0.141. The van der Waals surface area contributed by atoms with Gasteiger partial charge in [0.15, 0.2) is 0 Å². The molecule has 37 heavy (non-hydrogen) atoms. The number of amides is 3. The van der Waals surface area contributed by atoms with Crippen LogP contribution in [0.3, 0.4) is 0 Å². The van der Waals surface area contributed by atoms with Crippen molar-refractivity contribution in [3.63, 3.8) is 0 Å². The first-order chi connectivity index (χ1) is 17.8. The second kappa shape index (κ2) is 11.1. The van der Waals surface area contributed by atoms with E-state index in [1.807, 2.05) is 4.90 Å². The number of piperidine rings is 2. The molecule has 4 fully saturated rings. The maximum absolute atomic E-state index is 13.5. The molecule has 1 aliphatic carbocycles. The number of hydrogen-bond acceptors (Lipinski definition) is 5. The molecule has 0 aromatic carbocycles. The minimum absolute atomic E-state index is 0.00538. The minimum Gasteiger partial charge on any atom is -0.353 e. The summed E-state index contributed by atoms with van der Waals surface area (Å²) < 4.78 is 0. The van der Waals surface area contributed by atoms with Crippen LogP contribution in [0.2, 0.25) is 0 Å². The minimum atomic E-state index is -0.00538. The van der Waals surface area contributed by atoms with Gasteiger partial charge in [0.1, 0.15) is 5.82 Å². The SMILES string of the molecule is CC(C)[C@@H]1CC[C@@H](C)CC(=O)N2C[C@H]3C[C@@H](CN(C(=O)c4cnc(C5CC5)nc4)C3)[C@@H]2CCCC(=O)N1. The maximum atomic E-state index is 13.5. The molecule has 3 saturated heterocycles. The van der Waals surface area contributed by atoms with E-state index in [1.54, 1.807) is 12.4 Å². The van der Waals surface area contributed by atoms with Crippen LogP contribution in [0.1, 0.15) is 101 Å². The van der Waals surface area contributed by atoms with E-state index in [-0.39, 0.29) is 47.6 Å². The molecule has 8 heteroatoms. The van der Waals surface area contributed by atoms with Crippen molar-refractivity contribution in [2.75, 3.05) is 19.6 Å². The highest BCUT2D eigenvalue weighted by Crippen LogP contribution is 2.38. The average molecular weight is 510 g/mol. The molecular weight excluding hydrogens is 466 g/mol. The number of likely N-dealkylation sites (tertiary alicyclic amines) is 1. The summed E-state index contributed by atoms with van der Waals surface area (Å²) in [6.07, 6.45) is 11.1. The van der Waals surface area contributed by atoms with Gasteiger partial charge in [0.25, 0.3) is 5.91 Å². The van der Waals surface area contributed by atoms with Crippen LogP contribution in [0, 0.1) is 23.7 Å². The predicted octanol–water partition coefficient (Wildman–Crippen LogP) is 3.77. The third kappa shape index (κ3) is 6.15. The molecule has 3 amide bonds. The number of aromatic nitrogens is 2. The molecule has 0 unspecified atom stereocenters. The average Bonchev–Trinajstić information content (AvgIpc) is 3.72. The van der Waals surface area contributed by atoms with Crippen LogP contribution >= 0.6 is 0 Å². The molecule has 4 heterocycles. The van der Waals surface area contributed by atoms with Crippen molar-refractivity contribution in [3.8, 4) is 0 Å². The van der Waals surface area contributed by atoms with E-state index in [1.165, 1.54) is 0 Å². The van der Waals surface area contributed by atoms with Crippen molar-refractivity contribution < 1.29 is 14.4 Å². The van der Waals surface area contributed by atoms with Crippen LogP contribution in [0.4, 0.5) is 0 Å². The van der Waals surface area contributed by atoms with Gasteiger partial charge in [-0.1, -0.05) is 20.8 Å². The molecule has 5 atom stereocenters. The summed E-state index contributed by atoms with van der Waals surface area (Å²) in [7, 11) is 0. The summed E-state index contributed by atoms with van der Waals surface area (Å²) in [5, 5.41) is 3.25. The standard InChI is InChI=1S/C29H43N5O3/c1-18(2)24-10-7-19(3)11-27(36)34-16-20-12-22(25(34)5-4-6-26(35)32-24)17-33(15-20)29(37)23-13-30-28(31-14-23)21-8-9-21/h13-14,18-22,24-25H,4-12,15-17H2,1-3H3,(H,32,35)/t19-,20+,22+,24+,25+/m1/s1. The Morgan fingerprint density at radius 2 is 1.78 bits per heavy atom. The van der Waals surface area contributed by atoms with E-state index >= 15 is 0 Å². The van der Waals surface area contributed by atoms with Crippen LogP contribution in [0.5, 0.6) is 0 Å². The highest BCUT2D eigenvalue weighted by atomic mass is 16.2.